The van der Waals surface area contributed by atoms with Crippen molar-refractivity contribution < 1.29 is 13.3 Å². The van der Waals surface area contributed by atoms with E-state index >= 15 is 0 Å². The first-order valence-electron chi connectivity index (χ1n) is 6.86. The number of non-ortho nitro benzene ring substituents is 1. The second kappa shape index (κ2) is 5.98. The second-order valence-corrected chi connectivity index (χ2v) is 6.99. The van der Waals surface area contributed by atoms with Crippen LogP contribution in [0.1, 0.15) is 19.8 Å². The summed E-state index contributed by atoms with van der Waals surface area (Å²) in [6, 6.07) is 3.84. The van der Waals surface area contributed by atoms with Gasteiger partial charge in [-0.15, -0.1) is 0 Å². The molecule has 0 heterocycles. The number of hydrogen-bond donors (Lipinski definition) is 1. The van der Waals surface area contributed by atoms with Gasteiger partial charge in [0.15, 0.2) is 0 Å². The van der Waals surface area contributed by atoms with Gasteiger partial charge in [0.2, 0.25) is 10.0 Å². The molecule has 0 bridgehead atoms. The predicted octanol–water partition coefficient (Wildman–Crippen LogP) is 2.06. The lowest BCUT2D eigenvalue weighted by Crippen LogP contribution is -2.33. The van der Waals surface area contributed by atoms with Gasteiger partial charge in [0.25, 0.3) is 5.69 Å². The molecule has 21 heavy (non-hydrogen) atoms. The molecule has 0 aromatic heterocycles. The van der Waals surface area contributed by atoms with Crippen molar-refractivity contribution in [2.45, 2.75) is 24.7 Å². The zero-order chi connectivity index (χ0) is 15.6. The molecular weight excluding hydrogens is 294 g/mol. The largest absolute Gasteiger partial charge is 0.387 e. The van der Waals surface area contributed by atoms with Crippen LogP contribution in [0.25, 0.3) is 0 Å². The summed E-state index contributed by atoms with van der Waals surface area (Å²) in [5, 5.41) is 13.7. The normalized spacial score (nSPS) is 15.2. The van der Waals surface area contributed by atoms with E-state index in [9.17, 15) is 18.5 Å². The Morgan fingerprint density at radius 3 is 2.57 bits per heavy atom. The molecule has 0 amide bonds. The average molecular weight is 313 g/mol. The van der Waals surface area contributed by atoms with E-state index in [-0.39, 0.29) is 10.6 Å². The van der Waals surface area contributed by atoms with Crippen LogP contribution < -0.4 is 5.32 Å². The van der Waals surface area contributed by atoms with Crippen molar-refractivity contribution in [2.75, 3.05) is 25.5 Å². The quantitative estimate of drug-likeness (QED) is 0.614. The van der Waals surface area contributed by atoms with E-state index in [1.807, 2.05) is 0 Å². The van der Waals surface area contributed by atoms with Crippen molar-refractivity contribution in [3.63, 3.8) is 0 Å². The Labute approximate surface area is 124 Å². The molecule has 1 aromatic carbocycles. The Hall–Kier alpha value is -1.67. The highest BCUT2D eigenvalue weighted by Crippen LogP contribution is 2.33. The zero-order valence-electron chi connectivity index (χ0n) is 12.1. The third-order valence-electron chi connectivity index (χ3n) is 3.57. The van der Waals surface area contributed by atoms with Crippen molar-refractivity contribution >= 4 is 21.4 Å². The molecule has 1 fully saturated rings. The number of nitrogens with zero attached hydrogens (tertiary/aromatic N) is 2. The molecule has 0 spiro atoms. The number of anilines is 1. The zero-order valence-corrected chi connectivity index (χ0v) is 12.9. The van der Waals surface area contributed by atoms with Gasteiger partial charge in [0.1, 0.15) is 4.90 Å². The molecule has 1 N–H and O–H groups in total. The molecule has 0 atom stereocenters. The molecule has 1 aliphatic rings. The van der Waals surface area contributed by atoms with Gasteiger partial charge >= 0.3 is 0 Å². The SMILES string of the molecule is CCN(CC1CC1)S(=O)(=O)c1cc([N+](=O)[O-])ccc1NC. The number of nitro groups is 1. The molecule has 8 heteroatoms. The van der Waals surface area contributed by atoms with Gasteiger partial charge in [0, 0.05) is 32.3 Å². The molecule has 0 saturated heterocycles. The minimum absolute atomic E-state index is 0.0401. The molecule has 0 unspecified atom stereocenters. The fraction of sp³-hybridized carbons (Fsp3) is 0.538. The summed E-state index contributed by atoms with van der Waals surface area (Å²) in [5.41, 5.74) is 0.143. The van der Waals surface area contributed by atoms with Crippen molar-refractivity contribution in [3.8, 4) is 0 Å². The molecule has 0 radical (unpaired) electrons. The molecular formula is C13H19N3O4S. The van der Waals surface area contributed by atoms with Gasteiger partial charge < -0.3 is 5.32 Å². The minimum Gasteiger partial charge on any atom is -0.387 e. The van der Waals surface area contributed by atoms with Crippen LogP contribution in [0.2, 0.25) is 0 Å². The van der Waals surface area contributed by atoms with Gasteiger partial charge in [-0.2, -0.15) is 4.31 Å². The highest BCUT2D eigenvalue weighted by molar-refractivity contribution is 7.89. The molecule has 1 aromatic rings. The lowest BCUT2D eigenvalue weighted by molar-refractivity contribution is -0.385. The van der Waals surface area contributed by atoms with E-state index in [4.69, 9.17) is 0 Å². The van der Waals surface area contributed by atoms with E-state index in [2.05, 4.69) is 5.32 Å². The third kappa shape index (κ3) is 3.33. The summed E-state index contributed by atoms with van der Waals surface area (Å²) in [7, 11) is -2.14. The lowest BCUT2D eigenvalue weighted by atomic mass is 10.3. The minimum atomic E-state index is -3.74. The van der Waals surface area contributed by atoms with Crippen molar-refractivity contribution in [1.29, 1.82) is 0 Å². The van der Waals surface area contributed by atoms with E-state index in [1.54, 1.807) is 14.0 Å². The van der Waals surface area contributed by atoms with Crippen LogP contribution in [0, 0.1) is 16.0 Å². The van der Waals surface area contributed by atoms with Gasteiger partial charge in [-0.1, -0.05) is 6.92 Å². The Morgan fingerprint density at radius 2 is 2.10 bits per heavy atom. The summed E-state index contributed by atoms with van der Waals surface area (Å²) >= 11 is 0. The molecule has 2 rings (SSSR count). The van der Waals surface area contributed by atoms with Crippen LogP contribution in [0.5, 0.6) is 0 Å². The standard InChI is InChI=1S/C13H19N3O4S/c1-3-15(9-10-4-5-10)21(19,20)13-8-11(16(17)18)6-7-12(13)14-2/h6-8,10,14H,3-5,9H2,1-2H3. The summed E-state index contributed by atoms with van der Waals surface area (Å²) in [6.07, 6.45) is 2.08. The van der Waals surface area contributed by atoms with Crippen LogP contribution in [0.3, 0.4) is 0 Å². The van der Waals surface area contributed by atoms with E-state index < -0.39 is 14.9 Å². The van der Waals surface area contributed by atoms with Crippen LogP contribution in [-0.4, -0.2) is 37.8 Å². The Kier molecular flexibility index (Phi) is 4.48. The Morgan fingerprint density at radius 1 is 1.43 bits per heavy atom. The van der Waals surface area contributed by atoms with E-state index in [1.165, 1.54) is 16.4 Å². The van der Waals surface area contributed by atoms with Crippen LogP contribution >= 0.6 is 0 Å². The molecule has 0 aliphatic heterocycles. The average Bonchev–Trinajstić information content (AvgIpc) is 3.27. The molecule has 116 valence electrons. The third-order valence-corrected chi connectivity index (χ3v) is 5.56. The number of nitrogens with one attached hydrogen (secondary N) is 1. The number of benzene rings is 1. The molecule has 1 saturated carbocycles. The van der Waals surface area contributed by atoms with Gasteiger partial charge in [-0.05, 0) is 24.8 Å². The summed E-state index contributed by atoms with van der Waals surface area (Å²) in [5.74, 6) is 0.413. The monoisotopic (exact) mass is 313 g/mol. The smallest absolute Gasteiger partial charge is 0.270 e. The fourth-order valence-corrected chi connectivity index (χ4v) is 3.91. The molecule has 7 nitrogen and oxygen atoms in total. The van der Waals surface area contributed by atoms with E-state index in [0.29, 0.717) is 24.7 Å². The van der Waals surface area contributed by atoms with Gasteiger partial charge in [0.05, 0.1) is 10.6 Å². The highest BCUT2D eigenvalue weighted by Gasteiger charge is 2.32. The van der Waals surface area contributed by atoms with Gasteiger partial charge in [-0.3, -0.25) is 10.1 Å². The van der Waals surface area contributed by atoms with Crippen molar-refractivity contribution in [2.24, 2.45) is 5.92 Å². The van der Waals surface area contributed by atoms with E-state index in [0.717, 1.165) is 18.9 Å². The highest BCUT2D eigenvalue weighted by atomic mass is 32.2. The first-order chi connectivity index (χ1) is 9.90. The van der Waals surface area contributed by atoms with Crippen LogP contribution in [0.4, 0.5) is 11.4 Å². The van der Waals surface area contributed by atoms with Crippen molar-refractivity contribution in [1.82, 2.24) is 4.31 Å². The predicted molar refractivity (Wildman–Crippen MR) is 79.8 cm³/mol. The molecule has 1 aliphatic carbocycles. The Balaban J connectivity index is 2.45. The maximum absolute atomic E-state index is 12.7. The summed E-state index contributed by atoms with van der Waals surface area (Å²) in [4.78, 5) is 10.3. The topological polar surface area (TPSA) is 92.5 Å². The first kappa shape index (κ1) is 15.7. The van der Waals surface area contributed by atoms with Gasteiger partial charge in [-0.25, -0.2) is 8.42 Å². The Bertz CT molecular complexity index is 641. The number of rotatable bonds is 7. The lowest BCUT2D eigenvalue weighted by Gasteiger charge is -2.21. The summed E-state index contributed by atoms with van der Waals surface area (Å²) < 4.78 is 26.9. The number of hydrogen-bond acceptors (Lipinski definition) is 5. The van der Waals surface area contributed by atoms with Crippen LogP contribution in [0.15, 0.2) is 23.1 Å². The fourth-order valence-electron chi connectivity index (χ4n) is 2.17. The number of nitro benzene ring substituents is 1. The maximum Gasteiger partial charge on any atom is 0.270 e. The maximum atomic E-state index is 12.7. The second-order valence-electron chi connectivity index (χ2n) is 5.09. The van der Waals surface area contributed by atoms with Crippen molar-refractivity contribution in [3.05, 3.63) is 28.3 Å². The summed E-state index contributed by atoms with van der Waals surface area (Å²) in [6.45, 7) is 2.60. The van der Waals surface area contributed by atoms with Crippen LogP contribution in [-0.2, 0) is 10.0 Å². The number of sulfonamides is 1. The first-order valence-corrected chi connectivity index (χ1v) is 8.30.